The highest BCUT2D eigenvalue weighted by Crippen LogP contribution is 2.15. The van der Waals surface area contributed by atoms with Crippen LogP contribution >= 0.6 is 0 Å². The van der Waals surface area contributed by atoms with E-state index in [4.69, 9.17) is 5.11 Å². The van der Waals surface area contributed by atoms with Gasteiger partial charge in [0.05, 0.1) is 0 Å². The van der Waals surface area contributed by atoms with Gasteiger partial charge in [-0.2, -0.15) is 0 Å². The molecule has 0 aliphatic rings. The van der Waals surface area contributed by atoms with E-state index in [1.807, 2.05) is 0 Å². The molecule has 1 heteroatoms. The Hall–Kier alpha value is -0.0400. The molecule has 0 heterocycles. The van der Waals surface area contributed by atoms with Crippen LogP contribution in [0, 0.1) is 6.92 Å². The predicted octanol–water partition coefficient (Wildman–Crippen LogP) is 9.57. The van der Waals surface area contributed by atoms with Crippen LogP contribution in [-0.4, -0.2) is 11.7 Å². The zero-order valence-electron chi connectivity index (χ0n) is 19.5. The topological polar surface area (TPSA) is 20.2 Å². The zero-order chi connectivity index (χ0) is 20.4. The first kappa shape index (κ1) is 28.0. The molecular weight excluding hydrogens is 340 g/mol. The van der Waals surface area contributed by atoms with Crippen LogP contribution in [0.25, 0.3) is 0 Å². The van der Waals surface area contributed by atoms with Crippen molar-refractivity contribution in [3.05, 3.63) is 6.92 Å². The SMILES string of the molecule is [CH2]CCCCCCCCCCCCCCCCCCCCCCCCCCO. The van der Waals surface area contributed by atoms with E-state index < -0.39 is 0 Å². The summed E-state index contributed by atoms with van der Waals surface area (Å²) in [5, 5.41) is 8.74. The molecule has 0 aromatic heterocycles. The molecule has 169 valence electrons. The lowest BCUT2D eigenvalue weighted by Crippen LogP contribution is -1.85. The Kier molecular flexibility index (Phi) is 26.9. The lowest BCUT2D eigenvalue weighted by molar-refractivity contribution is 0.282. The van der Waals surface area contributed by atoms with Crippen LogP contribution in [0.1, 0.15) is 161 Å². The Morgan fingerprint density at radius 1 is 0.286 bits per heavy atom. The fraction of sp³-hybridized carbons (Fsp3) is 0.963. The highest BCUT2D eigenvalue weighted by molar-refractivity contribution is 4.52. The molecule has 1 radical (unpaired) electrons. The third kappa shape index (κ3) is 26.0. The third-order valence-electron chi connectivity index (χ3n) is 6.16. The maximum absolute atomic E-state index is 8.74. The highest BCUT2D eigenvalue weighted by atomic mass is 16.2. The van der Waals surface area contributed by atoms with E-state index in [0.29, 0.717) is 6.61 Å². The maximum atomic E-state index is 8.74. The molecule has 0 aliphatic heterocycles. The van der Waals surface area contributed by atoms with E-state index in [2.05, 4.69) is 6.92 Å². The average Bonchev–Trinajstić information content (AvgIpc) is 2.71. The number of hydrogen-bond donors (Lipinski definition) is 1. The summed E-state index contributed by atoms with van der Waals surface area (Å²) >= 11 is 0. The van der Waals surface area contributed by atoms with Gasteiger partial charge in [-0.25, -0.2) is 0 Å². The van der Waals surface area contributed by atoms with Crippen LogP contribution < -0.4 is 0 Å². The van der Waals surface area contributed by atoms with Crippen LogP contribution in [0.15, 0.2) is 0 Å². The molecule has 0 bridgehead atoms. The molecule has 0 unspecified atom stereocenters. The molecule has 0 atom stereocenters. The standard InChI is InChI=1S/C27H55O/c1-2-3-4-5-6-7-8-9-10-11-12-13-14-15-16-17-18-19-20-21-22-23-24-25-26-27-28/h28H,1-27H2. The Bertz CT molecular complexity index is 225. The molecule has 0 aromatic rings. The Morgan fingerprint density at radius 2 is 0.464 bits per heavy atom. The van der Waals surface area contributed by atoms with E-state index in [-0.39, 0.29) is 0 Å². The van der Waals surface area contributed by atoms with Gasteiger partial charge in [-0.15, -0.1) is 0 Å². The second-order valence-corrected chi connectivity index (χ2v) is 9.06. The summed E-state index contributed by atoms with van der Waals surface area (Å²) in [4.78, 5) is 0. The molecule has 1 nitrogen and oxygen atoms in total. The van der Waals surface area contributed by atoms with Gasteiger partial charge in [0.2, 0.25) is 0 Å². The summed E-state index contributed by atoms with van der Waals surface area (Å²) in [5.74, 6) is 0. The minimum Gasteiger partial charge on any atom is -0.396 e. The molecule has 28 heavy (non-hydrogen) atoms. The van der Waals surface area contributed by atoms with Crippen molar-refractivity contribution in [2.75, 3.05) is 6.61 Å². The zero-order valence-corrected chi connectivity index (χ0v) is 19.5. The molecule has 0 amide bonds. The molecule has 1 N–H and O–H groups in total. The van der Waals surface area contributed by atoms with Crippen LogP contribution in [0.3, 0.4) is 0 Å². The summed E-state index contributed by atoms with van der Waals surface area (Å²) < 4.78 is 0. The fourth-order valence-corrected chi connectivity index (χ4v) is 4.18. The van der Waals surface area contributed by atoms with E-state index in [0.717, 1.165) is 12.8 Å². The molecule has 0 aliphatic carbocycles. The first-order valence-electron chi connectivity index (χ1n) is 13.3. The molecule has 0 spiro atoms. The number of unbranched alkanes of at least 4 members (excludes halogenated alkanes) is 24. The Morgan fingerprint density at radius 3 is 0.643 bits per heavy atom. The van der Waals surface area contributed by atoms with E-state index in [1.165, 1.54) is 148 Å². The van der Waals surface area contributed by atoms with E-state index in [9.17, 15) is 0 Å². The van der Waals surface area contributed by atoms with Crippen molar-refractivity contribution in [3.8, 4) is 0 Å². The number of aliphatic hydroxyl groups excluding tert-OH is 1. The Balaban J connectivity index is 2.96. The lowest BCUT2D eigenvalue weighted by atomic mass is 10.0. The number of aliphatic hydroxyl groups is 1. The van der Waals surface area contributed by atoms with Gasteiger partial charge in [0.25, 0.3) is 0 Å². The maximum Gasteiger partial charge on any atom is 0.0431 e. The monoisotopic (exact) mass is 395 g/mol. The first-order chi connectivity index (χ1) is 13.9. The van der Waals surface area contributed by atoms with E-state index in [1.54, 1.807) is 0 Å². The van der Waals surface area contributed by atoms with E-state index >= 15 is 0 Å². The van der Waals surface area contributed by atoms with Gasteiger partial charge in [0.1, 0.15) is 0 Å². The minimum atomic E-state index is 0.373. The number of hydrogen-bond acceptors (Lipinski definition) is 1. The Labute approximate surface area is 179 Å². The summed E-state index contributed by atoms with van der Waals surface area (Å²) in [6.45, 7) is 4.28. The third-order valence-corrected chi connectivity index (χ3v) is 6.16. The number of rotatable bonds is 25. The summed E-state index contributed by atoms with van der Waals surface area (Å²) in [7, 11) is 0. The normalized spacial score (nSPS) is 11.4. The molecule has 0 saturated heterocycles. The van der Waals surface area contributed by atoms with Gasteiger partial charge < -0.3 is 5.11 Å². The van der Waals surface area contributed by atoms with Crippen LogP contribution in [0.4, 0.5) is 0 Å². The van der Waals surface area contributed by atoms with Crippen molar-refractivity contribution in [1.29, 1.82) is 0 Å². The van der Waals surface area contributed by atoms with Crippen molar-refractivity contribution >= 4 is 0 Å². The second kappa shape index (κ2) is 27.0. The van der Waals surface area contributed by atoms with Crippen molar-refractivity contribution in [3.63, 3.8) is 0 Å². The van der Waals surface area contributed by atoms with Crippen molar-refractivity contribution in [2.24, 2.45) is 0 Å². The molecular formula is C27H55O. The molecule has 0 saturated carbocycles. The summed E-state index contributed by atoms with van der Waals surface area (Å²) in [6, 6.07) is 0. The average molecular weight is 396 g/mol. The molecule has 0 fully saturated rings. The van der Waals surface area contributed by atoms with Gasteiger partial charge >= 0.3 is 0 Å². The van der Waals surface area contributed by atoms with Crippen LogP contribution in [0.2, 0.25) is 0 Å². The van der Waals surface area contributed by atoms with Gasteiger partial charge in [-0.3, -0.25) is 0 Å². The van der Waals surface area contributed by atoms with Gasteiger partial charge in [-0.05, 0) is 6.42 Å². The van der Waals surface area contributed by atoms with Gasteiger partial charge in [0, 0.05) is 6.61 Å². The quantitative estimate of drug-likeness (QED) is 0.152. The predicted molar refractivity (Wildman–Crippen MR) is 128 cm³/mol. The highest BCUT2D eigenvalue weighted by Gasteiger charge is 1.96. The minimum absolute atomic E-state index is 0.373. The summed E-state index contributed by atoms with van der Waals surface area (Å²) in [5.41, 5.74) is 0. The smallest absolute Gasteiger partial charge is 0.0431 e. The van der Waals surface area contributed by atoms with Crippen LogP contribution in [0.5, 0.6) is 0 Å². The largest absolute Gasteiger partial charge is 0.396 e. The van der Waals surface area contributed by atoms with Gasteiger partial charge in [-0.1, -0.05) is 161 Å². The van der Waals surface area contributed by atoms with Gasteiger partial charge in [0.15, 0.2) is 0 Å². The van der Waals surface area contributed by atoms with Crippen molar-refractivity contribution in [2.45, 2.75) is 161 Å². The fourth-order valence-electron chi connectivity index (χ4n) is 4.18. The van der Waals surface area contributed by atoms with Crippen molar-refractivity contribution < 1.29 is 5.11 Å². The molecule has 0 rings (SSSR count). The molecule has 0 aromatic carbocycles. The lowest BCUT2D eigenvalue weighted by Gasteiger charge is -2.04. The second-order valence-electron chi connectivity index (χ2n) is 9.06. The summed E-state index contributed by atoms with van der Waals surface area (Å²) in [6.07, 6.45) is 35.0. The first-order valence-corrected chi connectivity index (χ1v) is 13.3. The van der Waals surface area contributed by atoms with Crippen molar-refractivity contribution in [1.82, 2.24) is 0 Å². The van der Waals surface area contributed by atoms with Crippen LogP contribution in [-0.2, 0) is 0 Å².